The highest BCUT2D eigenvalue weighted by Gasteiger charge is 2.16. The smallest absolute Gasteiger partial charge is 0.300 e. The summed E-state index contributed by atoms with van der Waals surface area (Å²) < 4.78 is 9.26. The van der Waals surface area contributed by atoms with Gasteiger partial charge in [-0.15, -0.1) is 0 Å². The summed E-state index contributed by atoms with van der Waals surface area (Å²) in [4.78, 5) is 30.6. The molecule has 0 bridgehead atoms. The summed E-state index contributed by atoms with van der Waals surface area (Å²) in [7, 11) is 0. The maximum atomic E-state index is 13.4. The average Bonchev–Trinajstić information content (AvgIpc) is 3.53. The Morgan fingerprint density at radius 2 is 1.65 bits per heavy atom. The third-order valence-electron chi connectivity index (χ3n) is 6.39. The predicted octanol–water partition coefficient (Wildman–Crippen LogP) is 4.68. The summed E-state index contributed by atoms with van der Waals surface area (Å²) in [6, 6.07) is 24.8. The molecule has 9 heteroatoms. The van der Waals surface area contributed by atoms with Gasteiger partial charge in [-0.1, -0.05) is 66.8 Å². The van der Waals surface area contributed by atoms with Crippen LogP contribution in [-0.2, 0) is 0 Å². The Balaban J connectivity index is 1.51. The number of ether oxygens (including phenoxy) is 1. The maximum Gasteiger partial charge on any atom is 0.300 e. The van der Waals surface area contributed by atoms with Gasteiger partial charge in [0.15, 0.2) is 5.69 Å². The lowest BCUT2D eigenvalue weighted by atomic mass is 10.0. The quantitative estimate of drug-likeness (QED) is 0.288. The normalized spacial score (nSPS) is 11.8. The first-order valence-electron chi connectivity index (χ1n) is 12.9. The Labute approximate surface area is 233 Å². The lowest BCUT2D eigenvalue weighted by Gasteiger charge is -2.09. The summed E-state index contributed by atoms with van der Waals surface area (Å²) in [5, 5.41) is 9.26. The van der Waals surface area contributed by atoms with E-state index in [0.717, 1.165) is 45.9 Å². The number of benzene rings is 3. The fourth-order valence-corrected chi connectivity index (χ4v) is 5.32. The van der Waals surface area contributed by atoms with Gasteiger partial charge in [-0.3, -0.25) is 9.59 Å². The highest BCUT2D eigenvalue weighted by Crippen LogP contribution is 2.29. The van der Waals surface area contributed by atoms with Gasteiger partial charge in [0.1, 0.15) is 11.4 Å². The molecule has 0 saturated heterocycles. The van der Waals surface area contributed by atoms with Crippen molar-refractivity contribution in [2.24, 2.45) is 0 Å². The van der Waals surface area contributed by atoms with Gasteiger partial charge >= 0.3 is 5.56 Å². The van der Waals surface area contributed by atoms with E-state index in [1.165, 1.54) is 4.52 Å². The third kappa shape index (κ3) is 4.83. The molecule has 198 valence electrons. The molecule has 0 saturated carbocycles. The van der Waals surface area contributed by atoms with E-state index in [0.29, 0.717) is 22.4 Å². The molecule has 0 radical (unpaired) electrons. The number of aryl methyl sites for hydroxylation is 1. The fraction of sp³-hybridized carbons (Fsp3) is 0.129. The second kappa shape index (κ2) is 10.7. The zero-order valence-corrected chi connectivity index (χ0v) is 22.8. The van der Waals surface area contributed by atoms with Crippen LogP contribution in [0.1, 0.15) is 24.5 Å². The minimum Gasteiger partial charge on any atom is -0.493 e. The zero-order chi connectivity index (χ0) is 27.6. The van der Waals surface area contributed by atoms with Gasteiger partial charge in [0.05, 0.1) is 16.8 Å². The Bertz CT molecular complexity index is 2000. The summed E-state index contributed by atoms with van der Waals surface area (Å²) in [6.45, 7) is 4.73. The first-order valence-corrected chi connectivity index (χ1v) is 13.7. The lowest BCUT2D eigenvalue weighted by Crippen LogP contribution is -2.26. The van der Waals surface area contributed by atoms with Crippen LogP contribution in [0.4, 0.5) is 0 Å². The van der Waals surface area contributed by atoms with Crippen LogP contribution in [-0.4, -0.2) is 31.0 Å². The van der Waals surface area contributed by atoms with E-state index in [1.54, 1.807) is 22.9 Å². The molecule has 40 heavy (non-hydrogen) atoms. The molecule has 8 nitrogen and oxygen atoms in total. The minimum atomic E-state index is -0.475. The third-order valence-corrected chi connectivity index (χ3v) is 7.35. The van der Waals surface area contributed by atoms with E-state index < -0.39 is 5.56 Å². The molecule has 0 aliphatic rings. The molecule has 0 unspecified atom stereocenters. The second-order valence-corrected chi connectivity index (χ2v) is 10.3. The lowest BCUT2D eigenvalue weighted by molar-refractivity contribution is 0.315. The average molecular weight is 548 g/mol. The topological polar surface area (TPSA) is 91.4 Å². The number of fused-ring (bicyclic) bond motifs is 1. The summed E-state index contributed by atoms with van der Waals surface area (Å²) in [5.74, 6) is 0.834. The molecule has 0 fully saturated rings. The van der Waals surface area contributed by atoms with Crippen molar-refractivity contribution in [3.8, 4) is 34.0 Å². The van der Waals surface area contributed by atoms with Crippen LogP contribution in [0.2, 0.25) is 0 Å². The number of para-hydroxylation sites is 1. The molecule has 6 aromatic rings. The molecule has 0 amide bonds. The van der Waals surface area contributed by atoms with Crippen LogP contribution in [0, 0.1) is 6.92 Å². The summed E-state index contributed by atoms with van der Waals surface area (Å²) in [5.41, 5.74) is 4.18. The van der Waals surface area contributed by atoms with Gasteiger partial charge in [-0.25, -0.2) is 4.68 Å². The van der Waals surface area contributed by atoms with Gasteiger partial charge in [-0.05, 0) is 55.3 Å². The van der Waals surface area contributed by atoms with Gasteiger partial charge < -0.3 is 4.74 Å². The largest absolute Gasteiger partial charge is 0.493 e. The van der Waals surface area contributed by atoms with Crippen LogP contribution < -0.4 is 20.4 Å². The van der Waals surface area contributed by atoms with E-state index in [4.69, 9.17) is 9.84 Å². The number of hydrogen-bond donors (Lipinski definition) is 0. The standard InChI is InChI=1S/C31H25N5O3S/c1-3-16-39-25-15-14-22(17-20(25)2)27-23(19-35(33-27)24-12-8-5-9-13-24)18-26-30(38)36-31(40-26)32-29(37)28(34-36)21-10-6-4-7-11-21/h4-15,17-19H,3,16H2,1-2H3. The van der Waals surface area contributed by atoms with Crippen molar-refractivity contribution in [1.82, 2.24) is 24.4 Å². The Hall–Kier alpha value is -4.89. The van der Waals surface area contributed by atoms with Crippen molar-refractivity contribution in [3.05, 3.63) is 121 Å². The number of aromatic nitrogens is 5. The molecular formula is C31H25N5O3S. The van der Waals surface area contributed by atoms with Crippen molar-refractivity contribution < 1.29 is 4.74 Å². The van der Waals surface area contributed by atoms with Gasteiger partial charge in [0.25, 0.3) is 5.56 Å². The van der Waals surface area contributed by atoms with E-state index in [-0.39, 0.29) is 16.2 Å². The van der Waals surface area contributed by atoms with Crippen molar-refractivity contribution in [1.29, 1.82) is 0 Å². The van der Waals surface area contributed by atoms with Crippen molar-refractivity contribution in [3.63, 3.8) is 0 Å². The predicted molar refractivity (Wildman–Crippen MR) is 157 cm³/mol. The van der Waals surface area contributed by atoms with Gasteiger partial charge in [-0.2, -0.15) is 19.7 Å². The summed E-state index contributed by atoms with van der Waals surface area (Å²) >= 11 is 1.12. The molecule has 0 atom stereocenters. The molecule has 0 aliphatic heterocycles. The summed E-state index contributed by atoms with van der Waals surface area (Å²) in [6.07, 6.45) is 4.61. The SMILES string of the molecule is CCCOc1ccc(-c2nn(-c3ccccc3)cc2C=c2sc3nc(=O)c(-c4ccccc4)nn3c2=O)cc1C. The van der Waals surface area contributed by atoms with Crippen molar-refractivity contribution in [2.75, 3.05) is 6.61 Å². The zero-order valence-electron chi connectivity index (χ0n) is 21.9. The van der Waals surface area contributed by atoms with E-state index in [2.05, 4.69) is 17.0 Å². The van der Waals surface area contributed by atoms with Crippen molar-refractivity contribution >= 4 is 22.4 Å². The molecule has 3 aromatic carbocycles. The Morgan fingerprint density at radius 1 is 0.900 bits per heavy atom. The van der Waals surface area contributed by atoms with Crippen LogP contribution in [0.15, 0.2) is 94.6 Å². The van der Waals surface area contributed by atoms with Crippen LogP contribution >= 0.6 is 11.3 Å². The molecule has 3 aromatic heterocycles. The minimum absolute atomic E-state index is 0.137. The van der Waals surface area contributed by atoms with Crippen LogP contribution in [0.3, 0.4) is 0 Å². The highest BCUT2D eigenvalue weighted by molar-refractivity contribution is 7.15. The van der Waals surface area contributed by atoms with E-state index >= 15 is 0 Å². The van der Waals surface area contributed by atoms with Crippen LogP contribution in [0.5, 0.6) is 5.75 Å². The number of nitrogens with zero attached hydrogens (tertiary/aromatic N) is 5. The highest BCUT2D eigenvalue weighted by atomic mass is 32.1. The monoisotopic (exact) mass is 547 g/mol. The molecular weight excluding hydrogens is 522 g/mol. The van der Waals surface area contributed by atoms with E-state index in [1.807, 2.05) is 79.9 Å². The fourth-order valence-electron chi connectivity index (χ4n) is 4.43. The van der Waals surface area contributed by atoms with E-state index in [9.17, 15) is 9.59 Å². The number of rotatable bonds is 7. The van der Waals surface area contributed by atoms with Gasteiger partial charge in [0.2, 0.25) is 4.96 Å². The maximum absolute atomic E-state index is 13.4. The molecule has 0 spiro atoms. The Morgan fingerprint density at radius 3 is 2.38 bits per heavy atom. The van der Waals surface area contributed by atoms with Gasteiger partial charge in [0, 0.05) is 22.9 Å². The Kier molecular flexibility index (Phi) is 6.79. The molecule has 0 N–H and O–H groups in total. The molecule has 6 rings (SSSR count). The number of thiazole rings is 1. The second-order valence-electron chi connectivity index (χ2n) is 9.28. The van der Waals surface area contributed by atoms with Crippen LogP contribution in [0.25, 0.3) is 39.2 Å². The number of hydrogen-bond acceptors (Lipinski definition) is 7. The first-order chi connectivity index (χ1) is 19.5. The first kappa shape index (κ1) is 25.4. The molecule has 3 heterocycles. The van der Waals surface area contributed by atoms with Crippen molar-refractivity contribution in [2.45, 2.75) is 20.3 Å². The molecule has 0 aliphatic carbocycles.